The molecule has 28 heavy (non-hydrogen) atoms. The molecule has 3 N–H and O–H groups in total. The van der Waals surface area contributed by atoms with Crippen LogP contribution in [-0.4, -0.2) is 34.0 Å². The molecule has 0 saturated heterocycles. The number of para-hydroxylation sites is 1. The first-order valence-electron chi connectivity index (χ1n) is 9.52. The summed E-state index contributed by atoms with van der Waals surface area (Å²) in [5.74, 6) is 2.16. The van der Waals surface area contributed by atoms with Crippen molar-refractivity contribution in [1.82, 2.24) is 10.3 Å². The number of carbonyl (C=O) groups excluding carboxylic acids is 1. The number of rotatable bonds is 2. The number of aryl methyl sites for hydroxylation is 1. The van der Waals surface area contributed by atoms with Crippen molar-refractivity contribution in [2.75, 3.05) is 5.75 Å². The van der Waals surface area contributed by atoms with E-state index in [1.54, 1.807) is 18.7 Å². The Morgan fingerprint density at radius 3 is 2.96 bits per heavy atom. The Kier molecular flexibility index (Phi) is 4.12. The van der Waals surface area contributed by atoms with Gasteiger partial charge in [0.1, 0.15) is 23.7 Å². The van der Waals surface area contributed by atoms with Crippen molar-refractivity contribution in [3.05, 3.63) is 47.7 Å². The van der Waals surface area contributed by atoms with Crippen molar-refractivity contribution in [2.45, 2.75) is 43.9 Å². The van der Waals surface area contributed by atoms with Crippen LogP contribution in [0.5, 0.6) is 5.75 Å². The number of benzene rings is 1. The summed E-state index contributed by atoms with van der Waals surface area (Å²) in [7, 11) is 0. The average molecular weight is 398 g/mol. The van der Waals surface area contributed by atoms with E-state index in [0.717, 1.165) is 36.3 Å². The minimum absolute atomic E-state index is 0.0403. The van der Waals surface area contributed by atoms with Crippen molar-refractivity contribution in [3.63, 3.8) is 0 Å². The lowest BCUT2D eigenvalue weighted by atomic mass is 9.67. The predicted molar refractivity (Wildman–Crippen MR) is 106 cm³/mol. The Morgan fingerprint density at radius 1 is 1.36 bits per heavy atom. The molecule has 1 aliphatic carbocycles. The number of carbonyl (C=O) groups is 1. The number of fused-ring (bicyclic) bond motifs is 4. The van der Waals surface area contributed by atoms with Gasteiger partial charge >= 0.3 is 0 Å². The molecule has 0 bridgehead atoms. The highest BCUT2D eigenvalue weighted by atomic mass is 32.2. The maximum absolute atomic E-state index is 12.5. The lowest BCUT2D eigenvalue weighted by Crippen LogP contribution is -2.54. The van der Waals surface area contributed by atoms with Gasteiger partial charge in [0.2, 0.25) is 0 Å². The standard InChI is InChI=1S/C20H22N4O3S/c1-11-22-15(9-26-11)18(25)23-12-6-7-17-14(8-12)20(10-28-19(21)24-20)13-4-2-3-5-16(13)27-17/h2-5,9,12,14,17H,6-8,10H2,1H3,(H2,21,24)(H,23,25)/t12?,14-,17-,20?/m0/s1. The summed E-state index contributed by atoms with van der Waals surface area (Å²) in [4.78, 5) is 21.6. The fraction of sp³-hybridized carbons (Fsp3) is 0.450. The fourth-order valence-corrected chi connectivity index (χ4v) is 5.74. The van der Waals surface area contributed by atoms with Gasteiger partial charge in [-0.2, -0.15) is 0 Å². The monoisotopic (exact) mass is 398 g/mol. The van der Waals surface area contributed by atoms with Crippen LogP contribution in [0.25, 0.3) is 0 Å². The minimum atomic E-state index is -0.387. The topological polar surface area (TPSA) is 103 Å². The van der Waals surface area contributed by atoms with Crippen LogP contribution in [0.4, 0.5) is 0 Å². The minimum Gasteiger partial charge on any atom is -0.490 e. The van der Waals surface area contributed by atoms with Gasteiger partial charge in [-0.05, 0) is 25.3 Å². The number of hydrogen-bond acceptors (Lipinski definition) is 7. The molecule has 2 aliphatic heterocycles. The summed E-state index contributed by atoms with van der Waals surface area (Å²) in [6.45, 7) is 1.72. The lowest BCUT2D eigenvalue weighted by Gasteiger charge is -2.48. The maximum atomic E-state index is 12.5. The number of ether oxygens (including phenoxy) is 1. The summed E-state index contributed by atoms with van der Waals surface area (Å²) >= 11 is 1.60. The third kappa shape index (κ3) is 2.78. The molecular formula is C20H22N4O3S. The molecular weight excluding hydrogens is 376 g/mol. The predicted octanol–water partition coefficient (Wildman–Crippen LogP) is 2.60. The van der Waals surface area contributed by atoms with Crippen molar-refractivity contribution in [2.24, 2.45) is 16.6 Å². The molecule has 1 aromatic carbocycles. The van der Waals surface area contributed by atoms with Gasteiger partial charge in [-0.1, -0.05) is 30.0 Å². The molecule has 4 atom stereocenters. The molecule has 1 spiro atoms. The molecule has 146 valence electrons. The smallest absolute Gasteiger partial charge is 0.273 e. The van der Waals surface area contributed by atoms with E-state index >= 15 is 0 Å². The van der Waals surface area contributed by atoms with Gasteiger partial charge in [0.15, 0.2) is 16.8 Å². The number of nitrogens with one attached hydrogen (secondary N) is 1. The van der Waals surface area contributed by atoms with Gasteiger partial charge in [0, 0.05) is 30.2 Å². The summed E-state index contributed by atoms with van der Waals surface area (Å²) in [6.07, 6.45) is 3.99. The summed E-state index contributed by atoms with van der Waals surface area (Å²) in [5, 5.41) is 3.74. The SMILES string of the molecule is Cc1nc(C(=O)NC2CC[C@@H]3Oc4ccccc4C4(CSC(N)=N4)[C@H]3C2)co1. The number of aliphatic imine (C=N–C) groups is 1. The van der Waals surface area contributed by atoms with Crippen LogP contribution in [-0.2, 0) is 5.54 Å². The van der Waals surface area contributed by atoms with Crippen molar-refractivity contribution < 1.29 is 13.9 Å². The maximum Gasteiger partial charge on any atom is 0.273 e. The Hall–Kier alpha value is -2.48. The highest BCUT2D eigenvalue weighted by Gasteiger charge is 2.54. The number of amidine groups is 1. The molecule has 3 heterocycles. The third-order valence-electron chi connectivity index (χ3n) is 5.97. The molecule has 0 radical (unpaired) electrons. The molecule has 3 aliphatic rings. The van der Waals surface area contributed by atoms with E-state index < -0.39 is 0 Å². The second-order valence-corrected chi connectivity index (χ2v) is 8.65. The van der Waals surface area contributed by atoms with E-state index in [9.17, 15) is 4.79 Å². The van der Waals surface area contributed by atoms with E-state index in [1.807, 2.05) is 18.2 Å². The van der Waals surface area contributed by atoms with E-state index in [0.29, 0.717) is 16.8 Å². The first-order chi connectivity index (χ1) is 13.5. The highest BCUT2D eigenvalue weighted by Crippen LogP contribution is 2.54. The number of hydrogen-bond donors (Lipinski definition) is 2. The van der Waals surface area contributed by atoms with Gasteiger partial charge < -0.3 is 20.2 Å². The van der Waals surface area contributed by atoms with Crippen LogP contribution in [0.2, 0.25) is 0 Å². The number of thioether (sulfide) groups is 1. The second kappa shape index (κ2) is 6.55. The van der Waals surface area contributed by atoms with Crippen molar-refractivity contribution >= 4 is 22.8 Å². The van der Waals surface area contributed by atoms with E-state index in [2.05, 4.69) is 16.4 Å². The van der Waals surface area contributed by atoms with Gasteiger partial charge in [-0.25, -0.2) is 9.98 Å². The normalized spacial score (nSPS) is 30.9. The number of oxazole rings is 1. The molecule has 1 aromatic heterocycles. The van der Waals surface area contributed by atoms with Gasteiger partial charge in [0.25, 0.3) is 5.91 Å². The van der Waals surface area contributed by atoms with Crippen LogP contribution in [0.3, 0.4) is 0 Å². The fourth-order valence-electron chi connectivity index (χ4n) is 4.71. The summed E-state index contributed by atoms with van der Waals surface area (Å²) in [6, 6.07) is 8.16. The molecule has 1 saturated carbocycles. The molecule has 5 rings (SSSR count). The third-order valence-corrected chi connectivity index (χ3v) is 6.94. The van der Waals surface area contributed by atoms with Gasteiger partial charge in [0.05, 0.1) is 0 Å². The Bertz CT molecular complexity index is 958. The molecule has 2 unspecified atom stereocenters. The Labute approximate surface area is 167 Å². The van der Waals surface area contributed by atoms with Crippen LogP contribution in [0, 0.1) is 12.8 Å². The van der Waals surface area contributed by atoms with Crippen LogP contribution >= 0.6 is 11.8 Å². The first kappa shape index (κ1) is 17.6. The molecule has 1 fully saturated rings. The van der Waals surface area contributed by atoms with Crippen molar-refractivity contribution in [3.8, 4) is 5.75 Å². The first-order valence-corrected chi connectivity index (χ1v) is 10.5. The number of nitrogens with two attached hydrogens (primary N) is 1. The van der Waals surface area contributed by atoms with E-state index in [1.165, 1.54) is 6.26 Å². The summed E-state index contributed by atoms with van der Waals surface area (Å²) < 4.78 is 11.5. The molecule has 2 aromatic rings. The Morgan fingerprint density at radius 2 is 2.21 bits per heavy atom. The number of amides is 1. The second-order valence-electron chi connectivity index (χ2n) is 7.66. The lowest BCUT2D eigenvalue weighted by molar-refractivity contribution is 0.0155. The molecule has 1 amide bonds. The van der Waals surface area contributed by atoms with Gasteiger partial charge in [-0.3, -0.25) is 4.79 Å². The van der Waals surface area contributed by atoms with E-state index in [-0.39, 0.29) is 29.5 Å². The zero-order valence-corrected chi connectivity index (χ0v) is 16.4. The van der Waals surface area contributed by atoms with Crippen LogP contribution in [0.15, 0.2) is 39.9 Å². The molecule has 8 heteroatoms. The summed E-state index contributed by atoms with van der Waals surface area (Å²) in [5.41, 5.74) is 7.13. The van der Waals surface area contributed by atoms with E-state index in [4.69, 9.17) is 19.9 Å². The van der Waals surface area contributed by atoms with Crippen LogP contribution < -0.4 is 15.8 Å². The molecule has 7 nitrogen and oxygen atoms in total. The number of aromatic nitrogens is 1. The Balaban J connectivity index is 1.43. The highest BCUT2D eigenvalue weighted by molar-refractivity contribution is 8.14. The average Bonchev–Trinajstić information content (AvgIpc) is 3.29. The quantitative estimate of drug-likeness (QED) is 0.806. The number of nitrogens with zero attached hydrogens (tertiary/aromatic N) is 2. The zero-order chi connectivity index (χ0) is 19.3. The van der Waals surface area contributed by atoms with Crippen LogP contribution in [0.1, 0.15) is 41.2 Å². The largest absolute Gasteiger partial charge is 0.490 e. The van der Waals surface area contributed by atoms with Gasteiger partial charge in [-0.15, -0.1) is 0 Å². The zero-order valence-electron chi connectivity index (χ0n) is 15.6. The van der Waals surface area contributed by atoms with Crippen molar-refractivity contribution in [1.29, 1.82) is 0 Å².